The van der Waals surface area contributed by atoms with E-state index in [2.05, 4.69) is 15.2 Å². The Morgan fingerprint density at radius 2 is 2.06 bits per heavy atom. The predicted molar refractivity (Wildman–Crippen MR) is 65.6 cm³/mol. The lowest BCUT2D eigenvalue weighted by molar-refractivity contribution is 0.338. The third-order valence-corrected chi connectivity index (χ3v) is 2.62. The van der Waals surface area contributed by atoms with Crippen LogP contribution in [0.25, 0.3) is 0 Å². The summed E-state index contributed by atoms with van der Waals surface area (Å²) in [4.78, 5) is 4.00. The fourth-order valence-corrected chi connectivity index (χ4v) is 1.79. The summed E-state index contributed by atoms with van der Waals surface area (Å²) < 4.78 is 5.17. The van der Waals surface area contributed by atoms with Crippen LogP contribution in [0.1, 0.15) is 6.92 Å². The van der Waals surface area contributed by atoms with Crippen LogP contribution in [0.15, 0.2) is 40.6 Å². The van der Waals surface area contributed by atoms with Crippen molar-refractivity contribution < 1.29 is 9.84 Å². The number of hydrogen-bond acceptors (Lipinski definition) is 6. The normalized spacial score (nSPS) is 10.9. The summed E-state index contributed by atoms with van der Waals surface area (Å²) in [6, 6.07) is 9.25. The molecule has 1 aromatic heterocycles. The highest BCUT2D eigenvalue weighted by molar-refractivity contribution is 7.15. The molecular weight excluding hydrogens is 238 g/mol. The van der Waals surface area contributed by atoms with Gasteiger partial charge in [0.05, 0.1) is 12.3 Å². The molecule has 0 bridgehead atoms. The highest BCUT2D eigenvalue weighted by atomic mass is 32.1. The van der Waals surface area contributed by atoms with Crippen molar-refractivity contribution in [3.63, 3.8) is 0 Å². The van der Waals surface area contributed by atoms with Gasteiger partial charge in [-0.15, -0.1) is 10.2 Å². The van der Waals surface area contributed by atoms with Gasteiger partial charge in [0.15, 0.2) is 0 Å². The summed E-state index contributed by atoms with van der Waals surface area (Å²) in [5.41, 5.74) is 0.706. The molecule has 1 heterocycles. The molecule has 0 unspecified atom stereocenters. The van der Waals surface area contributed by atoms with Gasteiger partial charge in [-0.2, -0.15) is 4.98 Å². The molecule has 0 aliphatic rings. The molecule has 1 N–H and O–H groups in total. The van der Waals surface area contributed by atoms with Crippen molar-refractivity contribution in [2.45, 2.75) is 6.92 Å². The van der Waals surface area contributed by atoms with Crippen LogP contribution in [0.3, 0.4) is 0 Å². The number of benzene rings is 1. The maximum Gasteiger partial charge on any atom is 0.278 e. The lowest BCUT2D eigenvalue weighted by Crippen LogP contribution is -1.88. The molecule has 0 atom stereocenters. The van der Waals surface area contributed by atoms with E-state index in [-0.39, 0.29) is 10.9 Å². The summed E-state index contributed by atoms with van der Waals surface area (Å²) in [7, 11) is 0. The summed E-state index contributed by atoms with van der Waals surface area (Å²) >= 11 is 1.04. The van der Waals surface area contributed by atoms with Crippen LogP contribution in [0.2, 0.25) is 0 Å². The molecule has 2 aromatic rings. The number of hydrogen-bond donors (Lipinski definition) is 1. The first-order valence-electron chi connectivity index (χ1n) is 5.09. The molecule has 1 aromatic carbocycles. The molecule has 17 heavy (non-hydrogen) atoms. The molecule has 2 rings (SSSR count). The molecule has 0 aliphatic heterocycles. The number of nitrogens with zero attached hydrogens (tertiary/aromatic N) is 3. The fraction of sp³-hybridized carbons (Fsp3) is 0.182. The standard InChI is InChI=1S/C11H11N3O2S/c1-2-16-11-12-9(10(15)17-11)14-13-8-6-4-3-5-7-8/h3-7,15H,2H2,1H3. The average Bonchev–Trinajstić information content (AvgIpc) is 2.69. The minimum absolute atomic E-state index is 0.00753. The Morgan fingerprint density at radius 3 is 2.76 bits per heavy atom. The van der Waals surface area contributed by atoms with Crippen LogP contribution >= 0.6 is 11.3 Å². The van der Waals surface area contributed by atoms with Gasteiger partial charge in [0, 0.05) is 0 Å². The van der Waals surface area contributed by atoms with Crippen LogP contribution in [0, 0.1) is 0 Å². The number of ether oxygens (including phenoxy) is 1. The van der Waals surface area contributed by atoms with Gasteiger partial charge in [-0.05, 0) is 30.4 Å². The van der Waals surface area contributed by atoms with E-state index in [1.807, 2.05) is 37.3 Å². The van der Waals surface area contributed by atoms with Gasteiger partial charge < -0.3 is 9.84 Å². The number of aromatic nitrogens is 1. The molecule has 88 valence electrons. The quantitative estimate of drug-likeness (QED) is 0.841. The summed E-state index contributed by atoms with van der Waals surface area (Å²) in [5.74, 6) is 0.183. The smallest absolute Gasteiger partial charge is 0.278 e. The van der Waals surface area contributed by atoms with E-state index in [9.17, 15) is 5.11 Å². The summed E-state index contributed by atoms with van der Waals surface area (Å²) in [6.45, 7) is 2.35. The van der Waals surface area contributed by atoms with E-state index in [0.29, 0.717) is 17.5 Å². The van der Waals surface area contributed by atoms with E-state index in [1.54, 1.807) is 0 Å². The van der Waals surface area contributed by atoms with Crippen LogP contribution < -0.4 is 4.74 Å². The first kappa shape index (κ1) is 11.5. The first-order chi connectivity index (χ1) is 8.29. The molecule has 0 saturated heterocycles. The highest BCUT2D eigenvalue weighted by Gasteiger charge is 2.09. The summed E-state index contributed by atoms with van der Waals surface area (Å²) in [6.07, 6.45) is 0. The van der Waals surface area contributed by atoms with Crippen molar-refractivity contribution in [3.8, 4) is 10.3 Å². The van der Waals surface area contributed by atoms with Crippen molar-refractivity contribution in [3.05, 3.63) is 30.3 Å². The lowest BCUT2D eigenvalue weighted by atomic mass is 10.3. The number of rotatable bonds is 4. The third kappa shape index (κ3) is 3.01. The molecule has 6 heteroatoms. The Labute approximate surface area is 102 Å². The monoisotopic (exact) mass is 249 g/mol. The second kappa shape index (κ2) is 5.40. The zero-order valence-corrected chi connectivity index (χ0v) is 10.0. The second-order valence-corrected chi connectivity index (χ2v) is 4.02. The van der Waals surface area contributed by atoms with Crippen molar-refractivity contribution in [1.82, 2.24) is 4.98 Å². The van der Waals surface area contributed by atoms with Gasteiger partial charge in [-0.3, -0.25) is 0 Å². The zero-order chi connectivity index (χ0) is 12.1. The van der Waals surface area contributed by atoms with Crippen molar-refractivity contribution in [2.75, 3.05) is 6.61 Å². The first-order valence-corrected chi connectivity index (χ1v) is 5.90. The Kier molecular flexibility index (Phi) is 3.66. The highest BCUT2D eigenvalue weighted by Crippen LogP contribution is 2.37. The maximum atomic E-state index is 9.56. The lowest BCUT2D eigenvalue weighted by Gasteiger charge is -1.92. The molecule has 0 fully saturated rings. The third-order valence-electron chi connectivity index (χ3n) is 1.86. The van der Waals surface area contributed by atoms with Crippen LogP contribution in [0.5, 0.6) is 10.3 Å². The van der Waals surface area contributed by atoms with Crippen LogP contribution in [-0.4, -0.2) is 16.7 Å². The summed E-state index contributed by atoms with van der Waals surface area (Å²) in [5, 5.41) is 17.8. The molecule has 0 aliphatic carbocycles. The van der Waals surface area contributed by atoms with Gasteiger partial charge >= 0.3 is 0 Å². The van der Waals surface area contributed by atoms with E-state index < -0.39 is 0 Å². The van der Waals surface area contributed by atoms with E-state index in [1.165, 1.54) is 0 Å². The Morgan fingerprint density at radius 1 is 1.29 bits per heavy atom. The maximum absolute atomic E-state index is 9.56. The predicted octanol–water partition coefficient (Wildman–Crippen LogP) is 3.66. The number of thiazole rings is 1. The Hall–Kier alpha value is -1.95. The molecular formula is C11H11N3O2S. The second-order valence-electron chi connectivity index (χ2n) is 3.08. The van der Waals surface area contributed by atoms with Gasteiger partial charge in [-0.1, -0.05) is 18.2 Å². The van der Waals surface area contributed by atoms with Gasteiger partial charge in [-0.25, -0.2) is 0 Å². The average molecular weight is 249 g/mol. The van der Waals surface area contributed by atoms with E-state index in [4.69, 9.17) is 4.74 Å². The van der Waals surface area contributed by atoms with Gasteiger partial charge in [0.2, 0.25) is 10.9 Å². The molecule has 0 radical (unpaired) electrons. The van der Waals surface area contributed by atoms with Gasteiger partial charge in [0.1, 0.15) is 0 Å². The van der Waals surface area contributed by atoms with Crippen molar-refractivity contribution in [1.29, 1.82) is 0 Å². The molecule has 5 nitrogen and oxygen atoms in total. The Balaban J connectivity index is 2.16. The van der Waals surface area contributed by atoms with E-state index in [0.717, 1.165) is 11.3 Å². The molecule has 0 saturated carbocycles. The number of azo groups is 1. The zero-order valence-electron chi connectivity index (χ0n) is 9.20. The van der Waals surface area contributed by atoms with E-state index >= 15 is 0 Å². The van der Waals surface area contributed by atoms with Gasteiger partial charge in [0.25, 0.3) is 5.19 Å². The van der Waals surface area contributed by atoms with Crippen molar-refractivity contribution >= 4 is 22.8 Å². The molecule has 0 spiro atoms. The largest absolute Gasteiger partial charge is 0.497 e. The topological polar surface area (TPSA) is 67.1 Å². The number of aromatic hydroxyl groups is 1. The SMILES string of the molecule is CCOc1nc(N=Nc2ccccc2)c(O)s1. The van der Waals surface area contributed by atoms with Crippen LogP contribution in [0.4, 0.5) is 11.5 Å². The van der Waals surface area contributed by atoms with Crippen molar-refractivity contribution in [2.24, 2.45) is 10.2 Å². The minimum atomic E-state index is 0.00753. The Bertz CT molecular complexity index is 511. The molecule has 0 amide bonds. The minimum Gasteiger partial charge on any atom is -0.497 e. The van der Waals surface area contributed by atoms with Crippen LogP contribution in [-0.2, 0) is 0 Å². The fourth-order valence-electron chi connectivity index (χ4n) is 1.14.